The van der Waals surface area contributed by atoms with E-state index in [1.165, 1.54) is 4.88 Å². The van der Waals surface area contributed by atoms with Crippen LogP contribution in [-0.2, 0) is 11.3 Å². The number of guanidine groups is 1. The molecule has 2 rings (SSSR count). The van der Waals surface area contributed by atoms with Gasteiger partial charge in [-0.3, -0.25) is 0 Å². The first-order valence-electron chi connectivity index (χ1n) is 8.82. The van der Waals surface area contributed by atoms with Crippen LogP contribution in [0.25, 0.3) is 0 Å². The van der Waals surface area contributed by atoms with E-state index >= 15 is 0 Å². The number of ether oxygens (including phenoxy) is 2. The number of benzene rings is 1. The second-order valence-corrected chi connectivity index (χ2v) is 7.08. The topological polar surface area (TPSA) is 67.8 Å². The molecule has 8 heteroatoms. The van der Waals surface area contributed by atoms with Crippen LogP contribution in [0.5, 0.6) is 5.75 Å². The molecule has 0 unspecified atom stereocenters. The van der Waals surface area contributed by atoms with Crippen molar-refractivity contribution < 1.29 is 9.47 Å². The van der Waals surface area contributed by atoms with Gasteiger partial charge in [-0.1, -0.05) is 6.07 Å². The van der Waals surface area contributed by atoms with E-state index in [0.29, 0.717) is 19.8 Å². The van der Waals surface area contributed by atoms with Crippen molar-refractivity contribution in [1.82, 2.24) is 10.3 Å². The molecule has 1 aromatic heterocycles. The lowest BCUT2D eigenvalue weighted by Crippen LogP contribution is -2.30. The number of aryl methyl sites for hydroxylation is 2. The Labute approximate surface area is 182 Å². The molecule has 27 heavy (non-hydrogen) atoms. The maximum absolute atomic E-state index is 5.75. The fourth-order valence-corrected chi connectivity index (χ4v) is 3.11. The molecule has 0 spiro atoms. The summed E-state index contributed by atoms with van der Waals surface area (Å²) in [6.45, 7) is 8.84. The van der Waals surface area contributed by atoms with E-state index in [-0.39, 0.29) is 24.0 Å². The van der Waals surface area contributed by atoms with Gasteiger partial charge >= 0.3 is 0 Å². The normalized spacial score (nSPS) is 11.0. The first-order chi connectivity index (χ1) is 12.6. The van der Waals surface area contributed by atoms with Crippen LogP contribution in [0.2, 0.25) is 0 Å². The second kappa shape index (κ2) is 12.9. The molecule has 0 saturated heterocycles. The summed E-state index contributed by atoms with van der Waals surface area (Å²) in [7, 11) is 1.69. The maximum atomic E-state index is 5.75. The molecular formula is C19H29IN4O2S. The van der Waals surface area contributed by atoms with E-state index in [4.69, 9.17) is 9.47 Å². The molecule has 0 saturated carbocycles. The van der Waals surface area contributed by atoms with Crippen molar-refractivity contribution in [2.45, 2.75) is 33.7 Å². The minimum absolute atomic E-state index is 0. The van der Waals surface area contributed by atoms with Gasteiger partial charge < -0.3 is 20.1 Å². The van der Waals surface area contributed by atoms with Gasteiger partial charge in [0.15, 0.2) is 5.96 Å². The van der Waals surface area contributed by atoms with Gasteiger partial charge in [0.1, 0.15) is 10.8 Å². The Balaban J connectivity index is 0.00000364. The molecule has 0 aliphatic carbocycles. The van der Waals surface area contributed by atoms with Crippen LogP contribution in [0, 0.1) is 13.8 Å². The minimum atomic E-state index is 0. The molecule has 1 heterocycles. The molecule has 6 nitrogen and oxygen atoms in total. The van der Waals surface area contributed by atoms with Crippen molar-refractivity contribution in [2.75, 3.05) is 32.2 Å². The summed E-state index contributed by atoms with van der Waals surface area (Å²) in [5.74, 6) is 1.56. The number of aromatic nitrogens is 1. The zero-order valence-corrected chi connectivity index (χ0v) is 19.5. The number of anilines is 1. The number of methoxy groups -OCH3 is 1. The van der Waals surface area contributed by atoms with Crippen LogP contribution in [0.15, 0.2) is 29.3 Å². The first-order valence-corrected chi connectivity index (χ1v) is 9.64. The second-order valence-electron chi connectivity index (χ2n) is 5.79. The Kier molecular flexibility index (Phi) is 11.3. The summed E-state index contributed by atoms with van der Waals surface area (Å²) in [4.78, 5) is 10.4. The van der Waals surface area contributed by atoms with Gasteiger partial charge in [-0.2, -0.15) is 0 Å². The Hall–Kier alpha value is -1.39. The highest BCUT2D eigenvalue weighted by atomic mass is 127. The lowest BCUT2D eigenvalue weighted by Gasteiger charge is -2.12. The van der Waals surface area contributed by atoms with Crippen LogP contribution >= 0.6 is 35.3 Å². The van der Waals surface area contributed by atoms with E-state index in [0.717, 1.165) is 41.1 Å². The number of nitrogens with one attached hydrogen (secondary N) is 2. The predicted octanol–water partition coefficient (Wildman–Crippen LogP) is 4.37. The summed E-state index contributed by atoms with van der Waals surface area (Å²) < 4.78 is 10.8. The molecule has 2 aromatic rings. The van der Waals surface area contributed by atoms with Gasteiger partial charge in [0.2, 0.25) is 0 Å². The maximum Gasteiger partial charge on any atom is 0.196 e. The number of hydrogen-bond acceptors (Lipinski definition) is 5. The molecule has 2 N–H and O–H groups in total. The highest BCUT2D eigenvalue weighted by molar-refractivity contribution is 14.0. The van der Waals surface area contributed by atoms with Crippen molar-refractivity contribution in [2.24, 2.45) is 4.99 Å². The molecule has 0 radical (unpaired) electrons. The summed E-state index contributed by atoms with van der Waals surface area (Å²) in [6.07, 6.45) is 0.866. The van der Waals surface area contributed by atoms with Crippen LogP contribution in [0.4, 0.5) is 5.69 Å². The molecule has 0 aliphatic heterocycles. The lowest BCUT2D eigenvalue weighted by atomic mass is 10.3. The number of nitrogens with zero attached hydrogens (tertiary/aromatic N) is 2. The van der Waals surface area contributed by atoms with Gasteiger partial charge in [0.05, 0.1) is 18.8 Å². The molecule has 0 atom stereocenters. The van der Waals surface area contributed by atoms with Gasteiger partial charge in [-0.05, 0) is 32.9 Å². The first kappa shape index (κ1) is 23.6. The molecule has 0 bridgehead atoms. The van der Waals surface area contributed by atoms with E-state index in [9.17, 15) is 0 Å². The van der Waals surface area contributed by atoms with Crippen molar-refractivity contribution >= 4 is 47.0 Å². The number of hydrogen-bond donors (Lipinski definition) is 2. The number of thiazole rings is 1. The Morgan fingerprint density at radius 1 is 1.26 bits per heavy atom. The monoisotopic (exact) mass is 504 g/mol. The number of halogens is 1. The zero-order valence-electron chi connectivity index (χ0n) is 16.4. The average molecular weight is 504 g/mol. The summed E-state index contributed by atoms with van der Waals surface area (Å²) in [5, 5.41) is 7.61. The van der Waals surface area contributed by atoms with Gasteiger partial charge in [0.25, 0.3) is 0 Å². The Morgan fingerprint density at radius 2 is 2.07 bits per heavy atom. The summed E-state index contributed by atoms with van der Waals surface area (Å²) in [6, 6.07) is 7.87. The van der Waals surface area contributed by atoms with E-state index in [1.54, 1.807) is 18.4 Å². The van der Waals surface area contributed by atoms with Crippen LogP contribution < -0.4 is 15.4 Å². The van der Waals surface area contributed by atoms with Crippen molar-refractivity contribution in [3.63, 3.8) is 0 Å². The largest absolute Gasteiger partial charge is 0.493 e. The molecule has 0 fully saturated rings. The summed E-state index contributed by atoms with van der Waals surface area (Å²) >= 11 is 1.69. The van der Waals surface area contributed by atoms with Gasteiger partial charge in [0, 0.05) is 43.3 Å². The number of aliphatic imine (C=N–C) groups is 1. The van der Waals surface area contributed by atoms with Gasteiger partial charge in [-0.15, -0.1) is 35.3 Å². The third kappa shape index (κ3) is 8.44. The lowest BCUT2D eigenvalue weighted by molar-refractivity contribution is 0.172. The fourth-order valence-electron chi connectivity index (χ4n) is 2.25. The fraction of sp³-hybridized carbons (Fsp3) is 0.474. The smallest absolute Gasteiger partial charge is 0.196 e. The summed E-state index contributed by atoms with van der Waals surface area (Å²) in [5.41, 5.74) is 2.01. The molecule has 0 amide bonds. The third-order valence-corrected chi connectivity index (χ3v) is 4.71. The van der Waals surface area contributed by atoms with Crippen molar-refractivity contribution in [3.8, 4) is 5.75 Å². The van der Waals surface area contributed by atoms with Crippen molar-refractivity contribution in [3.05, 3.63) is 39.8 Å². The third-order valence-electron chi connectivity index (χ3n) is 3.65. The average Bonchev–Trinajstić information content (AvgIpc) is 2.95. The quantitative estimate of drug-likeness (QED) is 0.230. The Morgan fingerprint density at radius 3 is 2.74 bits per heavy atom. The number of rotatable bonds is 9. The predicted molar refractivity (Wildman–Crippen MR) is 124 cm³/mol. The molecular weight excluding hydrogens is 475 g/mol. The molecule has 150 valence electrons. The van der Waals surface area contributed by atoms with Gasteiger partial charge in [-0.25, -0.2) is 9.98 Å². The zero-order chi connectivity index (χ0) is 18.8. The highest BCUT2D eigenvalue weighted by Crippen LogP contribution is 2.19. The molecule has 1 aromatic carbocycles. The molecule has 0 aliphatic rings. The van der Waals surface area contributed by atoms with E-state index < -0.39 is 0 Å². The standard InChI is InChI=1S/C19H28N4O2S.HI/c1-5-20-19(21-13-18-22-14(2)15(3)26-18)23-16-8-6-9-17(12-16)25-11-7-10-24-4;/h6,8-9,12H,5,7,10-11,13H2,1-4H3,(H2,20,21,23);1H. The SMILES string of the molecule is CCNC(=NCc1nc(C)c(C)s1)Nc1cccc(OCCCOC)c1.I. The highest BCUT2D eigenvalue weighted by Gasteiger charge is 2.05. The van der Waals surface area contributed by atoms with E-state index in [1.807, 2.05) is 38.1 Å². The minimum Gasteiger partial charge on any atom is -0.493 e. The van der Waals surface area contributed by atoms with Crippen LogP contribution in [0.3, 0.4) is 0 Å². The van der Waals surface area contributed by atoms with E-state index in [2.05, 4.69) is 27.5 Å². The Bertz CT molecular complexity index is 702. The van der Waals surface area contributed by atoms with Crippen LogP contribution in [-0.4, -0.2) is 37.8 Å². The van der Waals surface area contributed by atoms with Crippen LogP contribution in [0.1, 0.15) is 28.9 Å². The van der Waals surface area contributed by atoms with Crippen molar-refractivity contribution in [1.29, 1.82) is 0 Å².